The predicted molar refractivity (Wildman–Crippen MR) is 71.7 cm³/mol. The molecule has 1 saturated carbocycles. The summed E-state index contributed by atoms with van der Waals surface area (Å²) in [5.41, 5.74) is 1.34. The van der Waals surface area contributed by atoms with Crippen molar-refractivity contribution in [2.45, 2.75) is 58.0 Å². The number of hydrogen-bond acceptors (Lipinski definition) is 2. The molecule has 0 aromatic carbocycles. The van der Waals surface area contributed by atoms with Gasteiger partial charge >= 0.3 is 0 Å². The molecule has 0 aliphatic heterocycles. The first-order valence-corrected chi connectivity index (χ1v) is 7.00. The van der Waals surface area contributed by atoms with Crippen LogP contribution < -0.4 is 5.32 Å². The molecule has 1 aliphatic rings. The summed E-state index contributed by atoms with van der Waals surface area (Å²) in [6, 6.07) is 4.91. The summed E-state index contributed by atoms with van der Waals surface area (Å²) in [4.78, 5) is 4.05. The van der Waals surface area contributed by atoms with E-state index in [9.17, 15) is 0 Å². The average Bonchev–Trinajstić information content (AvgIpc) is 2.62. The van der Waals surface area contributed by atoms with Crippen molar-refractivity contribution in [1.82, 2.24) is 10.3 Å². The van der Waals surface area contributed by atoms with E-state index in [-0.39, 0.29) is 0 Å². The number of nitrogens with one attached hydrogen (secondary N) is 1. The fourth-order valence-corrected chi connectivity index (χ4v) is 2.75. The zero-order chi connectivity index (χ0) is 11.9. The summed E-state index contributed by atoms with van der Waals surface area (Å²) in [5, 5.41) is 3.69. The van der Waals surface area contributed by atoms with E-state index in [0.29, 0.717) is 0 Å². The van der Waals surface area contributed by atoms with E-state index in [1.807, 2.05) is 12.4 Å². The van der Waals surface area contributed by atoms with Gasteiger partial charge in [0, 0.05) is 25.0 Å². The molecule has 1 N–H and O–H groups in total. The molecular formula is C15H24N2. The molecule has 0 amide bonds. The number of nitrogens with zero attached hydrogens (tertiary/aromatic N) is 1. The topological polar surface area (TPSA) is 24.9 Å². The van der Waals surface area contributed by atoms with Crippen molar-refractivity contribution in [3.05, 3.63) is 30.1 Å². The van der Waals surface area contributed by atoms with E-state index in [0.717, 1.165) is 18.5 Å². The van der Waals surface area contributed by atoms with Crippen LogP contribution in [-0.2, 0) is 6.54 Å². The van der Waals surface area contributed by atoms with Crippen LogP contribution in [0.5, 0.6) is 0 Å². The Morgan fingerprint density at radius 3 is 2.76 bits per heavy atom. The van der Waals surface area contributed by atoms with Crippen LogP contribution in [0.3, 0.4) is 0 Å². The Morgan fingerprint density at radius 2 is 2.00 bits per heavy atom. The molecule has 2 nitrogen and oxygen atoms in total. The molecule has 0 radical (unpaired) electrons. The molecule has 1 aliphatic carbocycles. The number of hydrogen-bond donors (Lipinski definition) is 1. The van der Waals surface area contributed by atoms with E-state index in [4.69, 9.17) is 0 Å². The monoisotopic (exact) mass is 232 g/mol. The standard InChI is InChI=1S/C15H24N2/c1-2-13-4-3-5-15(7-6-13)17-12-14-8-10-16-11-9-14/h8-11,13,15,17H,2-7,12H2,1H3. The van der Waals surface area contributed by atoms with Crippen LogP contribution in [-0.4, -0.2) is 11.0 Å². The summed E-state index contributed by atoms with van der Waals surface area (Å²) in [6.45, 7) is 3.32. The van der Waals surface area contributed by atoms with Gasteiger partial charge < -0.3 is 5.32 Å². The zero-order valence-corrected chi connectivity index (χ0v) is 10.9. The molecule has 94 valence electrons. The predicted octanol–water partition coefficient (Wildman–Crippen LogP) is 3.53. The van der Waals surface area contributed by atoms with Crippen molar-refractivity contribution in [1.29, 1.82) is 0 Å². The van der Waals surface area contributed by atoms with E-state index in [1.165, 1.54) is 44.1 Å². The molecule has 1 aromatic rings. The normalized spacial score (nSPS) is 25.5. The maximum Gasteiger partial charge on any atom is 0.0271 e. The highest BCUT2D eigenvalue weighted by Gasteiger charge is 2.16. The van der Waals surface area contributed by atoms with Crippen LogP contribution in [0.15, 0.2) is 24.5 Å². The Morgan fingerprint density at radius 1 is 1.18 bits per heavy atom. The van der Waals surface area contributed by atoms with Crippen LogP contribution in [0.2, 0.25) is 0 Å². The molecule has 2 rings (SSSR count). The fraction of sp³-hybridized carbons (Fsp3) is 0.667. The van der Waals surface area contributed by atoms with Crippen LogP contribution in [0.4, 0.5) is 0 Å². The van der Waals surface area contributed by atoms with Gasteiger partial charge in [-0.3, -0.25) is 4.98 Å². The van der Waals surface area contributed by atoms with Gasteiger partial charge in [0.25, 0.3) is 0 Å². The van der Waals surface area contributed by atoms with Crippen LogP contribution in [0.25, 0.3) is 0 Å². The Labute approximate surface area is 105 Å². The van der Waals surface area contributed by atoms with Crippen LogP contribution in [0, 0.1) is 5.92 Å². The summed E-state index contributed by atoms with van der Waals surface area (Å²) in [7, 11) is 0. The van der Waals surface area contributed by atoms with Gasteiger partial charge in [0.2, 0.25) is 0 Å². The Bertz CT molecular complexity index is 310. The minimum Gasteiger partial charge on any atom is -0.310 e. The second-order valence-electron chi connectivity index (χ2n) is 5.22. The second-order valence-corrected chi connectivity index (χ2v) is 5.22. The number of aromatic nitrogens is 1. The van der Waals surface area contributed by atoms with E-state index < -0.39 is 0 Å². The molecule has 0 bridgehead atoms. The SMILES string of the molecule is CCC1CCCC(NCc2ccncc2)CC1. The average molecular weight is 232 g/mol. The lowest BCUT2D eigenvalue weighted by molar-refractivity contribution is 0.425. The molecule has 2 unspecified atom stereocenters. The summed E-state index contributed by atoms with van der Waals surface area (Å²) < 4.78 is 0. The fourth-order valence-electron chi connectivity index (χ4n) is 2.75. The highest BCUT2D eigenvalue weighted by molar-refractivity contribution is 5.09. The van der Waals surface area contributed by atoms with Gasteiger partial charge in [-0.15, -0.1) is 0 Å². The van der Waals surface area contributed by atoms with E-state index in [1.54, 1.807) is 0 Å². The largest absolute Gasteiger partial charge is 0.310 e. The molecule has 1 fully saturated rings. The first kappa shape index (κ1) is 12.6. The Balaban J connectivity index is 1.76. The molecule has 2 heteroatoms. The van der Waals surface area contributed by atoms with Crippen molar-refractivity contribution in [2.24, 2.45) is 5.92 Å². The minimum absolute atomic E-state index is 0.722. The van der Waals surface area contributed by atoms with E-state index >= 15 is 0 Å². The molecule has 0 spiro atoms. The lowest BCUT2D eigenvalue weighted by Crippen LogP contribution is -2.27. The summed E-state index contributed by atoms with van der Waals surface area (Å²) in [5.74, 6) is 0.975. The zero-order valence-electron chi connectivity index (χ0n) is 10.9. The molecular weight excluding hydrogens is 208 g/mol. The van der Waals surface area contributed by atoms with E-state index in [2.05, 4.69) is 29.4 Å². The highest BCUT2D eigenvalue weighted by atomic mass is 14.9. The van der Waals surface area contributed by atoms with Crippen molar-refractivity contribution in [3.63, 3.8) is 0 Å². The summed E-state index contributed by atoms with van der Waals surface area (Å²) >= 11 is 0. The van der Waals surface area contributed by atoms with Gasteiger partial charge in [-0.05, 0) is 42.9 Å². The van der Waals surface area contributed by atoms with Crippen molar-refractivity contribution in [3.8, 4) is 0 Å². The smallest absolute Gasteiger partial charge is 0.0271 e. The van der Waals surface area contributed by atoms with Crippen molar-refractivity contribution in [2.75, 3.05) is 0 Å². The molecule has 0 saturated heterocycles. The third kappa shape index (κ3) is 4.12. The van der Waals surface area contributed by atoms with Crippen LogP contribution in [0.1, 0.15) is 51.0 Å². The lowest BCUT2D eigenvalue weighted by Gasteiger charge is -2.16. The second kappa shape index (κ2) is 6.75. The first-order valence-electron chi connectivity index (χ1n) is 7.00. The Hall–Kier alpha value is -0.890. The lowest BCUT2D eigenvalue weighted by atomic mass is 9.98. The maximum atomic E-state index is 4.05. The van der Waals surface area contributed by atoms with Crippen molar-refractivity contribution >= 4 is 0 Å². The molecule has 1 heterocycles. The quantitative estimate of drug-likeness (QED) is 0.803. The van der Waals surface area contributed by atoms with Gasteiger partial charge in [0.15, 0.2) is 0 Å². The molecule has 1 aromatic heterocycles. The minimum atomic E-state index is 0.722. The summed E-state index contributed by atoms with van der Waals surface area (Å²) in [6.07, 6.45) is 12.0. The van der Waals surface area contributed by atoms with Gasteiger partial charge in [-0.25, -0.2) is 0 Å². The van der Waals surface area contributed by atoms with Crippen LogP contribution >= 0.6 is 0 Å². The molecule has 17 heavy (non-hydrogen) atoms. The Kier molecular flexibility index (Phi) is 4.99. The third-order valence-electron chi connectivity index (χ3n) is 4.01. The van der Waals surface area contributed by atoms with Crippen molar-refractivity contribution < 1.29 is 0 Å². The third-order valence-corrected chi connectivity index (χ3v) is 4.01. The highest BCUT2D eigenvalue weighted by Crippen LogP contribution is 2.25. The number of pyridine rings is 1. The first-order chi connectivity index (χ1) is 8.38. The van der Waals surface area contributed by atoms with Gasteiger partial charge in [-0.2, -0.15) is 0 Å². The number of rotatable bonds is 4. The molecule has 2 atom stereocenters. The van der Waals surface area contributed by atoms with Gasteiger partial charge in [-0.1, -0.05) is 26.2 Å². The van der Waals surface area contributed by atoms with Gasteiger partial charge in [0.05, 0.1) is 0 Å². The van der Waals surface area contributed by atoms with Gasteiger partial charge in [0.1, 0.15) is 0 Å². The maximum absolute atomic E-state index is 4.05.